The van der Waals surface area contributed by atoms with Crippen LogP contribution in [-0.4, -0.2) is 12.1 Å². The van der Waals surface area contributed by atoms with Gasteiger partial charge < -0.3 is 0 Å². The van der Waals surface area contributed by atoms with Gasteiger partial charge in [0.25, 0.3) is 0 Å². The molecular weight excluding hydrogens is 140 g/mol. The number of ketones is 1. The van der Waals surface area contributed by atoms with E-state index in [1.54, 1.807) is 0 Å². The summed E-state index contributed by atoms with van der Waals surface area (Å²) in [6, 6.07) is 0. The quantitative estimate of drug-likeness (QED) is 0.565. The summed E-state index contributed by atoms with van der Waals surface area (Å²) < 4.78 is 0. The highest BCUT2D eigenvalue weighted by atomic mass is 16.1. The molecule has 61 valence electrons. The molecule has 0 spiro atoms. The van der Waals surface area contributed by atoms with Crippen molar-refractivity contribution in [1.82, 2.24) is 0 Å². The first-order valence-corrected chi connectivity index (χ1v) is 4.12. The molecule has 1 aliphatic rings. The van der Waals surface area contributed by atoms with Crippen LogP contribution in [0.25, 0.3) is 0 Å². The average molecular weight is 153 g/mol. The second-order valence-corrected chi connectivity index (χ2v) is 3.30. The van der Waals surface area contributed by atoms with Gasteiger partial charge in [-0.15, -0.1) is 0 Å². The maximum absolute atomic E-state index is 11.1. The van der Waals surface area contributed by atoms with Crippen LogP contribution in [0.5, 0.6) is 0 Å². The Morgan fingerprint density at radius 3 is 2.09 bits per heavy atom. The lowest BCUT2D eigenvalue weighted by Crippen LogP contribution is -2.33. The first-order chi connectivity index (χ1) is 5.21. The maximum Gasteiger partial charge on any atom is 0.212 e. The highest BCUT2D eigenvalue weighted by Crippen LogP contribution is 2.34. The second kappa shape index (κ2) is 3.16. The first kappa shape index (κ1) is 8.44. The van der Waals surface area contributed by atoms with Gasteiger partial charge in [-0.2, -0.15) is 0 Å². The third-order valence-corrected chi connectivity index (χ3v) is 2.58. The van der Waals surface area contributed by atoms with Gasteiger partial charge in [0.05, 0.1) is 5.41 Å². The van der Waals surface area contributed by atoms with Crippen LogP contribution in [0.2, 0.25) is 0 Å². The predicted molar refractivity (Wildman–Crippen MR) is 41.9 cm³/mol. The molecule has 1 saturated carbocycles. The van der Waals surface area contributed by atoms with Crippen molar-refractivity contribution in [2.24, 2.45) is 5.41 Å². The minimum absolute atomic E-state index is 0.00722. The number of carbonyl (C=O) groups is 1. The molecule has 0 unspecified atom stereocenters. The largest absolute Gasteiger partial charge is 0.299 e. The Morgan fingerprint density at radius 2 is 1.82 bits per heavy atom. The van der Waals surface area contributed by atoms with Crippen molar-refractivity contribution in [3.05, 3.63) is 0 Å². The Bertz CT molecular complexity index is 166. The summed E-state index contributed by atoms with van der Waals surface area (Å²) >= 11 is 0. The van der Waals surface area contributed by atoms with Crippen molar-refractivity contribution in [3.8, 4) is 0 Å². The molecule has 0 aromatic rings. The zero-order valence-electron chi connectivity index (χ0n) is 6.85. The van der Waals surface area contributed by atoms with Gasteiger partial charge in [0, 0.05) is 0 Å². The molecule has 1 fully saturated rings. The predicted octanol–water partition coefficient (Wildman–Crippen LogP) is 1.64. The van der Waals surface area contributed by atoms with E-state index in [-0.39, 0.29) is 5.78 Å². The van der Waals surface area contributed by atoms with Gasteiger partial charge in [-0.1, -0.05) is 19.3 Å². The highest BCUT2D eigenvalue weighted by molar-refractivity contribution is 5.96. The van der Waals surface area contributed by atoms with Crippen LogP contribution in [0.4, 0.5) is 0 Å². The van der Waals surface area contributed by atoms with E-state index in [2.05, 4.69) is 0 Å². The molecular formula is C9H13O2. The summed E-state index contributed by atoms with van der Waals surface area (Å²) in [6.45, 7) is 1.50. The van der Waals surface area contributed by atoms with Gasteiger partial charge in [-0.05, 0) is 19.8 Å². The van der Waals surface area contributed by atoms with Gasteiger partial charge >= 0.3 is 0 Å². The minimum atomic E-state index is -0.724. The summed E-state index contributed by atoms with van der Waals surface area (Å²) in [6.07, 6.45) is 6.48. The maximum atomic E-state index is 11.1. The van der Waals surface area contributed by atoms with Crippen molar-refractivity contribution >= 4 is 12.1 Å². The third kappa shape index (κ3) is 1.50. The van der Waals surface area contributed by atoms with Crippen LogP contribution < -0.4 is 0 Å². The summed E-state index contributed by atoms with van der Waals surface area (Å²) in [5, 5.41) is 0. The standard InChI is InChI=1S/C9H13O2/c1-8(11)9(7-10)5-3-2-4-6-9/h2-6H2,1H3. The van der Waals surface area contributed by atoms with Crippen LogP contribution in [-0.2, 0) is 9.59 Å². The lowest BCUT2D eigenvalue weighted by Gasteiger charge is -2.27. The van der Waals surface area contributed by atoms with E-state index in [0.717, 1.165) is 19.3 Å². The monoisotopic (exact) mass is 153 g/mol. The van der Waals surface area contributed by atoms with Gasteiger partial charge in [0.2, 0.25) is 6.29 Å². The smallest absolute Gasteiger partial charge is 0.212 e. The molecule has 1 radical (unpaired) electrons. The molecule has 0 aromatic carbocycles. The van der Waals surface area contributed by atoms with E-state index < -0.39 is 5.41 Å². The number of carbonyl (C=O) groups excluding carboxylic acids is 2. The fourth-order valence-electron chi connectivity index (χ4n) is 1.68. The number of hydrogen-bond donors (Lipinski definition) is 0. The van der Waals surface area contributed by atoms with Crippen LogP contribution in [0.15, 0.2) is 0 Å². The van der Waals surface area contributed by atoms with Gasteiger partial charge in [-0.3, -0.25) is 9.59 Å². The zero-order valence-corrected chi connectivity index (χ0v) is 6.85. The average Bonchev–Trinajstić information content (AvgIpc) is 2.05. The Hall–Kier alpha value is -0.660. The van der Waals surface area contributed by atoms with Gasteiger partial charge in [-0.25, -0.2) is 0 Å². The topological polar surface area (TPSA) is 34.1 Å². The Labute approximate surface area is 67.0 Å². The number of hydrogen-bond acceptors (Lipinski definition) is 2. The molecule has 1 aliphatic carbocycles. The number of rotatable bonds is 2. The number of Topliss-reactive ketones (excluding diaryl/α,β-unsaturated/α-hetero) is 1. The molecule has 1 rings (SSSR count). The van der Waals surface area contributed by atoms with Gasteiger partial charge in [0.1, 0.15) is 5.78 Å². The van der Waals surface area contributed by atoms with E-state index in [9.17, 15) is 9.59 Å². The second-order valence-electron chi connectivity index (χ2n) is 3.30. The molecule has 2 nitrogen and oxygen atoms in total. The molecule has 0 heterocycles. The van der Waals surface area contributed by atoms with Crippen molar-refractivity contribution in [1.29, 1.82) is 0 Å². The fourth-order valence-corrected chi connectivity index (χ4v) is 1.68. The molecule has 0 saturated heterocycles. The van der Waals surface area contributed by atoms with E-state index in [0.29, 0.717) is 12.8 Å². The summed E-state index contributed by atoms with van der Waals surface area (Å²) in [5.41, 5.74) is -0.724. The molecule has 0 aliphatic heterocycles. The van der Waals surface area contributed by atoms with Crippen LogP contribution in [0, 0.1) is 5.41 Å². The van der Waals surface area contributed by atoms with Crippen molar-refractivity contribution < 1.29 is 9.59 Å². The minimum Gasteiger partial charge on any atom is -0.299 e. The Morgan fingerprint density at radius 1 is 1.27 bits per heavy atom. The van der Waals surface area contributed by atoms with Crippen molar-refractivity contribution in [2.45, 2.75) is 39.0 Å². The van der Waals surface area contributed by atoms with Crippen LogP contribution >= 0.6 is 0 Å². The molecule has 0 atom stereocenters. The van der Waals surface area contributed by atoms with E-state index >= 15 is 0 Å². The van der Waals surface area contributed by atoms with Gasteiger partial charge in [0.15, 0.2) is 0 Å². The molecule has 11 heavy (non-hydrogen) atoms. The molecule has 0 bridgehead atoms. The third-order valence-electron chi connectivity index (χ3n) is 2.58. The normalized spacial score (nSPS) is 22.6. The summed E-state index contributed by atoms with van der Waals surface area (Å²) in [5.74, 6) is -0.00722. The molecule has 0 N–H and O–H groups in total. The Kier molecular flexibility index (Phi) is 2.42. The van der Waals surface area contributed by atoms with Crippen molar-refractivity contribution in [2.75, 3.05) is 0 Å². The van der Waals surface area contributed by atoms with E-state index in [1.807, 2.05) is 6.29 Å². The molecule has 0 aromatic heterocycles. The van der Waals surface area contributed by atoms with E-state index in [4.69, 9.17) is 0 Å². The lowest BCUT2D eigenvalue weighted by molar-refractivity contribution is -0.124. The summed E-state index contributed by atoms with van der Waals surface area (Å²) in [4.78, 5) is 21.7. The van der Waals surface area contributed by atoms with Crippen LogP contribution in [0.1, 0.15) is 39.0 Å². The molecule has 2 heteroatoms. The highest BCUT2D eigenvalue weighted by Gasteiger charge is 2.37. The lowest BCUT2D eigenvalue weighted by atomic mass is 9.73. The Balaban J connectivity index is 2.72. The van der Waals surface area contributed by atoms with Crippen LogP contribution in [0.3, 0.4) is 0 Å². The molecule has 0 amide bonds. The first-order valence-electron chi connectivity index (χ1n) is 4.12. The zero-order chi connectivity index (χ0) is 8.32. The fraction of sp³-hybridized carbons (Fsp3) is 0.778. The SMILES string of the molecule is CC(=O)C1([C]=O)CCCCC1. The van der Waals surface area contributed by atoms with Crippen molar-refractivity contribution in [3.63, 3.8) is 0 Å². The summed E-state index contributed by atoms with van der Waals surface area (Å²) in [7, 11) is 0. The van der Waals surface area contributed by atoms with E-state index in [1.165, 1.54) is 6.92 Å².